The SMILES string of the molecule is COCC(=O)N1C[C@H](NC(=O)c2cc(C)c(O)c(C)c2)C(=O)N(CC(=O)O)c2ccccc21. The van der Waals surface area contributed by atoms with Crippen LogP contribution in [-0.4, -0.2) is 66.8 Å². The molecule has 1 atom stereocenters. The Labute approximate surface area is 190 Å². The molecule has 10 heteroatoms. The van der Waals surface area contributed by atoms with Crippen molar-refractivity contribution < 1.29 is 34.1 Å². The van der Waals surface area contributed by atoms with Gasteiger partial charge in [-0.15, -0.1) is 0 Å². The summed E-state index contributed by atoms with van der Waals surface area (Å²) in [7, 11) is 1.36. The molecule has 0 aliphatic carbocycles. The number of nitrogens with zero attached hydrogens (tertiary/aromatic N) is 2. The van der Waals surface area contributed by atoms with E-state index in [0.717, 1.165) is 4.90 Å². The molecule has 1 heterocycles. The van der Waals surface area contributed by atoms with E-state index in [9.17, 15) is 29.4 Å². The number of anilines is 2. The third kappa shape index (κ3) is 4.96. The number of phenolic OH excluding ortho intramolecular Hbond substituents is 1. The van der Waals surface area contributed by atoms with Gasteiger partial charge >= 0.3 is 5.97 Å². The van der Waals surface area contributed by atoms with Crippen LogP contribution in [0.4, 0.5) is 11.4 Å². The summed E-state index contributed by atoms with van der Waals surface area (Å²) in [6.07, 6.45) is 0. The number of hydrogen-bond acceptors (Lipinski definition) is 6. The van der Waals surface area contributed by atoms with Crippen molar-refractivity contribution in [1.29, 1.82) is 0 Å². The van der Waals surface area contributed by atoms with Gasteiger partial charge in [-0.1, -0.05) is 12.1 Å². The number of rotatable bonds is 6. The number of para-hydroxylation sites is 2. The highest BCUT2D eigenvalue weighted by molar-refractivity contribution is 6.10. The van der Waals surface area contributed by atoms with Crippen LogP contribution < -0.4 is 15.1 Å². The molecule has 1 aliphatic rings. The fourth-order valence-electron chi connectivity index (χ4n) is 3.76. The topological polar surface area (TPSA) is 136 Å². The number of aromatic hydroxyl groups is 1. The minimum absolute atomic E-state index is 0.0662. The van der Waals surface area contributed by atoms with Gasteiger partial charge in [0.1, 0.15) is 24.9 Å². The Morgan fingerprint density at radius 2 is 1.73 bits per heavy atom. The molecule has 3 rings (SSSR count). The third-order valence-electron chi connectivity index (χ3n) is 5.31. The van der Waals surface area contributed by atoms with Crippen molar-refractivity contribution in [2.45, 2.75) is 19.9 Å². The maximum atomic E-state index is 13.4. The lowest BCUT2D eigenvalue weighted by Crippen LogP contribution is -2.54. The van der Waals surface area contributed by atoms with Gasteiger partial charge in [0, 0.05) is 12.7 Å². The van der Waals surface area contributed by atoms with Gasteiger partial charge < -0.3 is 25.2 Å². The first-order valence-corrected chi connectivity index (χ1v) is 10.2. The van der Waals surface area contributed by atoms with Crippen LogP contribution in [0.3, 0.4) is 0 Å². The molecule has 0 unspecified atom stereocenters. The maximum Gasteiger partial charge on any atom is 0.323 e. The Bertz CT molecular complexity index is 1090. The van der Waals surface area contributed by atoms with E-state index in [-0.39, 0.29) is 30.2 Å². The van der Waals surface area contributed by atoms with Crippen LogP contribution in [0.1, 0.15) is 21.5 Å². The standard InChI is InChI=1S/C23H25N3O7/c1-13-8-15(9-14(2)21(13)30)22(31)24-16-10-25(19(27)12-33-3)17-6-4-5-7-18(17)26(23(16)32)11-20(28)29/h4-9,16,30H,10-12H2,1-3H3,(H,24,31)(H,28,29)/t16-/m0/s1. The highest BCUT2D eigenvalue weighted by Crippen LogP contribution is 2.33. The van der Waals surface area contributed by atoms with Crippen molar-refractivity contribution in [2.24, 2.45) is 0 Å². The minimum atomic E-state index is -1.25. The van der Waals surface area contributed by atoms with Crippen molar-refractivity contribution >= 4 is 35.1 Å². The summed E-state index contributed by atoms with van der Waals surface area (Å²) in [4.78, 5) is 53.0. The van der Waals surface area contributed by atoms with Crippen LogP contribution in [-0.2, 0) is 19.1 Å². The van der Waals surface area contributed by atoms with Crippen molar-refractivity contribution in [3.63, 3.8) is 0 Å². The number of amides is 3. The highest BCUT2D eigenvalue weighted by atomic mass is 16.5. The molecule has 0 bridgehead atoms. The summed E-state index contributed by atoms with van der Waals surface area (Å²) in [5.74, 6) is -2.90. The van der Waals surface area contributed by atoms with E-state index < -0.39 is 36.3 Å². The van der Waals surface area contributed by atoms with Crippen LogP contribution in [0.25, 0.3) is 0 Å². The van der Waals surface area contributed by atoms with Gasteiger partial charge in [0.2, 0.25) is 0 Å². The number of aryl methyl sites for hydroxylation is 2. The molecule has 0 aromatic heterocycles. The van der Waals surface area contributed by atoms with Gasteiger partial charge in [-0.3, -0.25) is 24.1 Å². The molecule has 0 spiro atoms. The highest BCUT2D eigenvalue weighted by Gasteiger charge is 2.37. The first-order chi connectivity index (χ1) is 15.6. The summed E-state index contributed by atoms with van der Waals surface area (Å²) >= 11 is 0. The molecule has 174 valence electrons. The van der Waals surface area contributed by atoms with Crippen molar-refractivity contribution in [1.82, 2.24) is 5.32 Å². The van der Waals surface area contributed by atoms with Gasteiger partial charge in [0.15, 0.2) is 0 Å². The predicted molar refractivity (Wildman–Crippen MR) is 119 cm³/mol. The van der Waals surface area contributed by atoms with Crippen LogP contribution in [0.2, 0.25) is 0 Å². The number of aliphatic carboxylic acids is 1. The second-order valence-corrected chi connectivity index (χ2v) is 7.73. The molecule has 0 saturated heterocycles. The average Bonchev–Trinajstić information content (AvgIpc) is 2.87. The molecule has 0 radical (unpaired) electrons. The fraction of sp³-hybridized carbons (Fsp3) is 0.304. The zero-order valence-corrected chi connectivity index (χ0v) is 18.5. The van der Waals surface area contributed by atoms with Crippen LogP contribution in [0.5, 0.6) is 5.75 Å². The van der Waals surface area contributed by atoms with Crippen LogP contribution in [0.15, 0.2) is 36.4 Å². The second kappa shape index (κ2) is 9.70. The van der Waals surface area contributed by atoms with E-state index in [1.807, 2.05) is 0 Å². The molecular weight excluding hydrogens is 430 g/mol. The number of hydrogen-bond donors (Lipinski definition) is 3. The van der Waals surface area contributed by atoms with Crippen molar-refractivity contribution in [3.05, 3.63) is 53.1 Å². The Balaban J connectivity index is 2.02. The third-order valence-corrected chi connectivity index (χ3v) is 5.31. The Kier molecular flexibility index (Phi) is 6.98. The van der Waals surface area contributed by atoms with Crippen molar-refractivity contribution in [3.8, 4) is 5.75 Å². The zero-order valence-electron chi connectivity index (χ0n) is 18.5. The first-order valence-electron chi connectivity index (χ1n) is 10.2. The van der Waals surface area contributed by atoms with E-state index in [2.05, 4.69) is 5.32 Å². The molecule has 10 nitrogen and oxygen atoms in total. The number of carboxylic acids is 1. The van der Waals surface area contributed by atoms with Crippen molar-refractivity contribution in [2.75, 3.05) is 36.6 Å². The lowest BCUT2D eigenvalue weighted by Gasteiger charge is -2.25. The van der Waals surface area contributed by atoms with E-state index in [1.165, 1.54) is 24.1 Å². The lowest BCUT2D eigenvalue weighted by atomic mass is 10.0. The lowest BCUT2D eigenvalue weighted by molar-refractivity contribution is -0.136. The predicted octanol–water partition coefficient (Wildman–Crippen LogP) is 1.22. The van der Waals surface area contributed by atoms with E-state index in [1.54, 1.807) is 38.1 Å². The van der Waals surface area contributed by atoms with Crippen LogP contribution >= 0.6 is 0 Å². The van der Waals surface area contributed by atoms with Gasteiger partial charge in [-0.2, -0.15) is 0 Å². The summed E-state index contributed by atoms with van der Waals surface area (Å²) in [5.41, 5.74) is 1.77. The smallest absolute Gasteiger partial charge is 0.323 e. The number of nitrogens with one attached hydrogen (secondary N) is 1. The van der Waals surface area contributed by atoms with Gasteiger partial charge in [0.05, 0.1) is 17.9 Å². The number of carbonyl (C=O) groups excluding carboxylic acids is 3. The van der Waals surface area contributed by atoms with E-state index >= 15 is 0 Å². The largest absolute Gasteiger partial charge is 0.507 e. The Morgan fingerprint density at radius 3 is 2.30 bits per heavy atom. The second-order valence-electron chi connectivity index (χ2n) is 7.73. The number of fused-ring (bicyclic) bond motifs is 1. The first kappa shape index (κ1) is 23.7. The molecule has 2 aromatic rings. The van der Waals surface area contributed by atoms with Gasteiger partial charge in [0.25, 0.3) is 17.7 Å². The molecule has 2 aromatic carbocycles. The number of carbonyl (C=O) groups is 4. The number of methoxy groups -OCH3 is 1. The average molecular weight is 455 g/mol. The number of phenols is 1. The monoisotopic (exact) mass is 455 g/mol. The maximum absolute atomic E-state index is 13.4. The fourth-order valence-corrected chi connectivity index (χ4v) is 3.76. The molecule has 3 N–H and O–H groups in total. The number of benzene rings is 2. The summed E-state index contributed by atoms with van der Waals surface area (Å²) in [5, 5.41) is 22.0. The number of carboxylic acid groups (broad SMARTS) is 1. The molecule has 33 heavy (non-hydrogen) atoms. The normalized spacial score (nSPS) is 15.6. The molecule has 0 saturated carbocycles. The van der Waals surface area contributed by atoms with Crippen LogP contribution in [0, 0.1) is 13.8 Å². The minimum Gasteiger partial charge on any atom is -0.507 e. The molecule has 3 amide bonds. The summed E-state index contributed by atoms with van der Waals surface area (Å²) < 4.78 is 4.96. The van der Waals surface area contributed by atoms with E-state index in [0.29, 0.717) is 16.8 Å². The zero-order chi connectivity index (χ0) is 24.3. The molecule has 1 aliphatic heterocycles. The molecular formula is C23H25N3O7. The Morgan fingerprint density at radius 1 is 1.12 bits per heavy atom. The number of ether oxygens (including phenoxy) is 1. The van der Waals surface area contributed by atoms with Gasteiger partial charge in [-0.25, -0.2) is 0 Å². The quantitative estimate of drug-likeness (QED) is 0.596. The summed E-state index contributed by atoms with van der Waals surface area (Å²) in [6.45, 7) is 2.17. The summed E-state index contributed by atoms with van der Waals surface area (Å²) in [6, 6.07) is 8.17. The molecule has 0 fully saturated rings. The van der Waals surface area contributed by atoms with Gasteiger partial charge in [-0.05, 0) is 49.2 Å². The van der Waals surface area contributed by atoms with E-state index in [4.69, 9.17) is 4.74 Å². The Hall–Kier alpha value is -3.92.